The number of quaternary nitrogens is 4. The third-order valence-corrected chi connectivity index (χ3v) is 12.6. The lowest BCUT2D eigenvalue weighted by atomic mass is 10.2. The molecule has 0 bridgehead atoms. The molecule has 0 radical (unpaired) electrons. The van der Waals surface area contributed by atoms with Crippen molar-refractivity contribution in [3.8, 4) is 0 Å². The van der Waals surface area contributed by atoms with Crippen LogP contribution in [0.15, 0.2) is 6.33 Å². The van der Waals surface area contributed by atoms with Crippen LogP contribution in [0.25, 0.3) is 0 Å². The van der Waals surface area contributed by atoms with Crippen LogP contribution in [-0.2, 0) is 0 Å². The Hall–Kier alpha value is -0.240. The second-order valence-electron chi connectivity index (χ2n) is 14.8. The summed E-state index contributed by atoms with van der Waals surface area (Å²) in [5.41, 5.74) is 0.117. The van der Waals surface area contributed by atoms with Gasteiger partial charge in [-0.15, -0.1) is 17.0 Å². The summed E-state index contributed by atoms with van der Waals surface area (Å²) in [6.45, 7) is 27.2. The fourth-order valence-corrected chi connectivity index (χ4v) is 9.50. The summed E-state index contributed by atoms with van der Waals surface area (Å²) in [6.07, 6.45) is 4.14. The fourth-order valence-electron chi connectivity index (χ4n) is 9.50. The van der Waals surface area contributed by atoms with E-state index >= 15 is 0 Å². The van der Waals surface area contributed by atoms with Gasteiger partial charge in [-0.3, -0.25) is 10.1 Å². The number of halogens is 4. The first-order valence-corrected chi connectivity index (χ1v) is 17.2. The molecule has 17 heteroatoms. The van der Waals surface area contributed by atoms with Crippen molar-refractivity contribution in [2.75, 3.05) is 167 Å². The van der Waals surface area contributed by atoms with Crippen LogP contribution in [0.2, 0.25) is 0 Å². The van der Waals surface area contributed by atoms with Gasteiger partial charge in [0.05, 0.1) is 110 Å². The highest BCUT2D eigenvalue weighted by molar-refractivity contribution is 8.93. The minimum Gasteiger partial charge on any atom is -1.00 e. The largest absolute Gasteiger partial charge is 1.00 e. The molecule has 0 saturated carbocycles. The molecular formula is C30H56Br4N11O2+. The van der Waals surface area contributed by atoms with E-state index in [1.165, 1.54) is 100 Å². The number of hydrogen-bond donors (Lipinski definition) is 2. The Morgan fingerprint density at radius 1 is 0.553 bits per heavy atom. The van der Waals surface area contributed by atoms with Crippen molar-refractivity contribution in [3.05, 3.63) is 16.4 Å². The number of aromatic nitrogens is 2. The molecule has 6 fully saturated rings. The van der Waals surface area contributed by atoms with Gasteiger partial charge in [0, 0.05) is 39.0 Å². The monoisotopic (exact) mass is 918 g/mol. The van der Waals surface area contributed by atoms with E-state index in [4.69, 9.17) is 0 Å². The summed E-state index contributed by atoms with van der Waals surface area (Å²) in [5.74, 6) is 1.06. The van der Waals surface area contributed by atoms with Gasteiger partial charge in [-0.2, -0.15) is 0 Å². The quantitative estimate of drug-likeness (QED) is 0.176. The van der Waals surface area contributed by atoms with E-state index in [2.05, 4.69) is 30.4 Å². The lowest BCUT2D eigenvalue weighted by Crippen LogP contribution is -3.00. The summed E-state index contributed by atoms with van der Waals surface area (Å²) in [7, 11) is 0. The number of rotatable bonds is 3. The predicted octanol–water partition coefficient (Wildman–Crippen LogP) is -9.10. The van der Waals surface area contributed by atoms with Crippen LogP contribution in [-0.4, -0.2) is 190 Å². The van der Waals surface area contributed by atoms with Crippen molar-refractivity contribution in [1.29, 1.82) is 0 Å². The lowest BCUT2D eigenvalue weighted by molar-refractivity contribution is -0.964. The topological polar surface area (TPSA) is 99.5 Å². The van der Waals surface area contributed by atoms with Gasteiger partial charge in [-0.25, -0.2) is 9.97 Å². The number of hydrogen-bond acceptors (Lipinski definition) is 8. The number of nitrogens with one attached hydrogen (secondary N) is 2. The molecule has 4 spiro atoms. The molecule has 270 valence electrons. The maximum Gasteiger partial charge on any atom is 0.353 e. The lowest BCUT2D eigenvalue weighted by Gasteiger charge is -2.46. The van der Waals surface area contributed by atoms with Crippen LogP contribution in [0, 0.1) is 10.1 Å². The van der Waals surface area contributed by atoms with Crippen molar-refractivity contribution in [1.82, 2.24) is 20.6 Å². The van der Waals surface area contributed by atoms with Gasteiger partial charge >= 0.3 is 5.69 Å². The zero-order chi connectivity index (χ0) is 29.4. The van der Waals surface area contributed by atoms with E-state index < -0.39 is 0 Å². The molecular weight excluding hydrogens is 866 g/mol. The number of nitro groups is 1. The molecule has 6 aliphatic heterocycles. The second kappa shape index (κ2) is 17.3. The highest BCUT2D eigenvalue weighted by Gasteiger charge is 2.45. The van der Waals surface area contributed by atoms with Crippen LogP contribution < -0.4 is 71.4 Å². The summed E-state index contributed by atoms with van der Waals surface area (Å²) >= 11 is 0. The Balaban J connectivity index is 0.00000150. The van der Waals surface area contributed by atoms with Crippen molar-refractivity contribution >= 4 is 34.3 Å². The van der Waals surface area contributed by atoms with Crippen LogP contribution in [0.1, 0.15) is 12.8 Å². The molecule has 7 heterocycles. The van der Waals surface area contributed by atoms with Crippen molar-refractivity contribution in [2.24, 2.45) is 0 Å². The summed E-state index contributed by atoms with van der Waals surface area (Å²) < 4.78 is 4.89. The van der Waals surface area contributed by atoms with Crippen molar-refractivity contribution < 1.29 is 73.8 Å². The Bertz CT molecular complexity index is 1080. The molecule has 13 nitrogen and oxygen atoms in total. The maximum absolute atomic E-state index is 12.6. The van der Waals surface area contributed by atoms with Crippen LogP contribution in [0.5, 0.6) is 0 Å². The average Bonchev–Trinajstić information content (AvgIpc) is 3.31. The van der Waals surface area contributed by atoms with Gasteiger partial charge in [-0.05, 0) is 0 Å². The zero-order valence-corrected chi connectivity index (χ0v) is 34.3. The summed E-state index contributed by atoms with van der Waals surface area (Å²) in [4.78, 5) is 25.9. The first-order chi connectivity index (χ1) is 20.9. The standard InChI is InChI=1S/C30H55N11O2.4BrH/c42-37(43)28-29(35-7-19-40(20-8-35)13-1-11-38(23-25-40)15-3-31-4-16-38)33-27-34-30(28)36-9-21-41(22-10-36)14-2-12-39(24-26-41)17-5-32-6-18-39;;;;/h27,31-32H,1-26H2;4*1H/q+4;;;;/p-3. The molecule has 47 heavy (non-hydrogen) atoms. The molecule has 1 aromatic rings. The van der Waals surface area contributed by atoms with E-state index in [1.54, 1.807) is 6.33 Å². The minimum absolute atomic E-state index is 0. The van der Waals surface area contributed by atoms with E-state index in [9.17, 15) is 10.1 Å². The van der Waals surface area contributed by atoms with E-state index in [1.807, 2.05) is 0 Å². The second-order valence-corrected chi connectivity index (χ2v) is 14.8. The molecule has 0 atom stereocenters. The third kappa shape index (κ3) is 8.80. The molecule has 0 aromatic carbocycles. The molecule has 0 unspecified atom stereocenters. The van der Waals surface area contributed by atoms with E-state index in [0.29, 0.717) is 11.6 Å². The van der Waals surface area contributed by atoms with Gasteiger partial charge in [-0.1, -0.05) is 0 Å². The number of anilines is 2. The Labute approximate surface area is 323 Å². The maximum atomic E-state index is 12.6. The summed E-state index contributed by atoms with van der Waals surface area (Å²) in [6, 6.07) is 0. The van der Waals surface area contributed by atoms with Gasteiger partial charge in [0.2, 0.25) is 11.6 Å². The van der Waals surface area contributed by atoms with E-state index in [0.717, 1.165) is 87.5 Å². The minimum atomic E-state index is -0.211. The third-order valence-electron chi connectivity index (χ3n) is 12.6. The van der Waals surface area contributed by atoms with Crippen molar-refractivity contribution in [3.63, 3.8) is 0 Å². The first-order valence-electron chi connectivity index (χ1n) is 17.2. The average molecular weight is 922 g/mol. The molecule has 7 rings (SSSR count). The number of nitrogens with zero attached hydrogens (tertiary/aromatic N) is 9. The Morgan fingerprint density at radius 3 is 1.19 bits per heavy atom. The molecule has 0 aliphatic carbocycles. The Kier molecular flexibility index (Phi) is 15.2. The molecule has 0 amide bonds. The predicted molar refractivity (Wildman–Crippen MR) is 177 cm³/mol. The molecule has 1 aromatic heterocycles. The molecule has 2 N–H and O–H groups in total. The highest BCUT2D eigenvalue weighted by Crippen LogP contribution is 2.36. The zero-order valence-electron chi connectivity index (χ0n) is 27.8. The van der Waals surface area contributed by atoms with E-state index in [-0.39, 0.29) is 78.5 Å². The Morgan fingerprint density at radius 2 is 0.872 bits per heavy atom. The van der Waals surface area contributed by atoms with Crippen LogP contribution in [0.4, 0.5) is 17.3 Å². The van der Waals surface area contributed by atoms with Gasteiger partial charge in [0.1, 0.15) is 32.5 Å². The van der Waals surface area contributed by atoms with Crippen molar-refractivity contribution in [2.45, 2.75) is 12.8 Å². The SMILES string of the molecule is Br.O=[N+]([O-])c1c(N2CC[N+]3(CCC[N+]4(CCNCC4)CC3)CC2)ncnc1N1CC[N+]2(CCC[N+]3(CCNCC3)CC2)CC1.[Br-].[Br-].[Br-]. The van der Waals surface area contributed by atoms with Gasteiger partial charge in [0.25, 0.3) is 0 Å². The van der Waals surface area contributed by atoms with Crippen LogP contribution in [0.3, 0.4) is 0 Å². The fraction of sp³-hybridized carbons (Fsp3) is 0.867. The smallest absolute Gasteiger partial charge is 0.353 e. The van der Waals surface area contributed by atoms with Gasteiger partial charge < -0.3 is 89.3 Å². The van der Waals surface area contributed by atoms with Crippen LogP contribution >= 0.6 is 17.0 Å². The normalized spacial score (nSPS) is 26.1. The van der Waals surface area contributed by atoms with Gasteiger partial charge in [0.15, 0.2) is 0 Å². The highest BCUT2D eigenvalue weighted by atomic mass is 79.9. The summed E-state index contributed by atoms with van der Waals surface area (Å²) in [5, 5.41) is 19.7. The first kappa shape index (κ1) is 41.2. The molecule has 6 aliphatic rings. The number of piperazine rings is 4. The molecule has 6 saturated heterocycles.